The summed E-state index contributed by atoms with van der Waals surface area (Å²) in [5, 5.41) is 3.26. The van der Waals surface area contributed by atoms with Crippen LogP contribution >= 0.6 is 0 Å². The number of para-hydroxylation sites is 1. The molecule has 1 aromatic carbocycles. The van der Waals surface area contributed by atoms with Crippen LogP contribution in [0.4, 0.5) is 5.69 Å². The summed E-state index contributed by atoms with van der Waals surface area (Å²) in [7, 11) is 0. The van der Waals surface area contributed by atoms with Crippen molar-refractivity contribution in [3.8, 4) is 0 Å². The zero-order valence-electron chi connectivity index (χ0n) is 10.8. The Morgan fingerprint density at radius 1 is 1.29 bits per heavy atom. The summed E-state index contributed by atoms with van der Waals surface area (Å²) in [4.78, 5) is 11.7. The maximum Gasteiger partial charge on any atom is 0.328 e. The number of rotatable bonds is 6. The smallest absolute Gasteiger partial charge is 0.328 e. The Hall–Kier alpha value is -1.51. The molecule has 17 heavy (non-hydrogen) atoms. The molecule has 1 N–H and O–H groups in total. The molecule has 0 saturated carbocycles. The summed E-state index contributed by atoms with van der Waals surface area (Å²) in [5.41, 5.74) is 2.24. The molecule has 0 aromatic heterocycles. The molecule has 0 amide bonds. The standard InChI is InChI=1S/C14H21NO2/c1-4-11-9-7-8-10-13(11)15-12(5-2)14(16)17-6-3/h7-10,12,15H,4-6H2,1-3H3. The minimum atomic E-state index is -0.261. The highest BCUT2D eigenvalue weighted by molar-refractivity contribution is 5.79. The van der Waals surface area contributed by atoms with Crippen LogP contribution in [0.2, 0.25) is 0 Å². The predicted octanol–water partition coefficient (Wildman–Crippen LogP) is 3.00. The molecule has 0 fully saturated rings. The third-order valence-corrected chi connectivity index (χ3v) is 2.71. The quantitative estimate of drug-likeness (QED) is 0.770. The lowest BCUT2D eigenvalue weighted by atomic mass is 10.1. The van der Waals surface area contributed by atoms with Gasteiger partial charge in [0.1, 0.15) is 6.04 Å². The third kappa shape index (κ3) is 3.77. The number of aryl methyl sites for hydroxylation is 1. The largest absolute Gasteiger partial charge is 0.464 e. The normalized spacial score (nSPS) is 11.9. The van der Waals surface area contributed by atoms with Crippen molar-refractivity contribution in [1.82, 2.24) is 0 Å². The molecular weight excluding hydrogens is 214 g/mol. The Balaban J connectivity index is 2.76. The van der Waals surface area contributed by atoms with Crippen LogP contribution in [0.25, 0.3) is 0 Å². The summed E-state index contributed by atoms with van der Waals surface area (Å²) in [6.07, 6.45) is 1.67. The molecule has 1 atom stereocenters. The first-order chi connectivity index (χ1) is 8.22. The van der Waals surface area contributed by atoms with Crippen molar-refractivity contribution in [1.29, 1.82) is 0 Å². The summed E-state index contributed by atoms with van der Waals surface area (Å²) in [6, 6.07) is 7.79. The van der Waals surface area contributed by atoms with Gasteiger partial charge in [0.15, 0.2) is 0 Å². The minimum absolute atomic E-state index is 0.180. The number of nitrogens with one attached hydrogen (secondary N) is 1. The van der Waals surface area contributed by atoms with Crippen molar-refractivity contribution in [3.63, 3.8) is 0 Å². The molecule has 3 nitrogen and oxygen atoms in total. The zero-order chi connectivity index (χ0) is 12.7. The maximum atomic E-state index is 11.7. The van der Waals surface area contributed by atoms with Crippen molar-refractivity contribution in [2.75, 3.05) is 11.9 Å². The van der Waals surface area contributed by atoms with E-state index >= 15 is 0 Å². The highest BCUT2D eigenvalue weighted by Crippen LogP contribution is 2.17. The van der Waals surface area contributed by atoms with E-state index in [4.69, 9.17) is 4.74 Å². The number of carbonyl (C=O) groups is 1. The second kappa shape index (κ2) is 6.94. The van der Waals surface area contributed by atoms with Gasteiger partial charge in [0.05, 0.1) is 6.61 Å². The number of anilines is 1. The fourth-order valence-electron chi connectivity index (χ4n) is 1.73. The van der Waals surface area contributed by atoms with Gasteiger partial charge in [-0.2, -0.15) is 0 Å². The van der Waals surface area contributed by atoms with E-state index in [0.717, 1.165) is 18.5 Å². The molecular formula is C14H21NO2. The van der Waals surface area contributed by atoms with Gasteiger partial charge in [-0.05, 0) is 31.4 Å². The van der Waals surface area contributed by atoms with Crippen LogP contribution in [0.5, 0.6) is 0 Å². The number of hydrogen-bond donors (Lipinski definition) is 1. The van der Waals surface area contributed by atoms with Crippen LogP contribution in [0.1, 0.15) is 32.8 Å². The molecule has 3 heteroatoms. The van der Waals surface area contributed by atoms with Gasteiger partial charge in [0.25, 0.3) is 0 Å². The molecule has 0 spiro atoms. The summed E-state index contributed by atoms with van der Waals surface area (Å²) < 4.78 is 5.04. The van der Waals surface area contributed by atoms with E-state index < -0.39 is 0 Å². The molecule has 0 radical (unpaired) electrons. The number of benzene rings is 1. The van der Waals surface area contributed by atoms with Crippen LogP contribution in [-0.2, 0) is 16.0 Å². The van der Waals surface area contributed by atoms with Crippen molar-refractivity contribution < 1.29 is 9.53 Å². The zero-order valence-corrected chi connectivity index (χ0v) is 10.8. The summed E-state index contributed by atoms with van der Waals surface area (Å²) in [5.74, 6) is -0.180. The fourth-order valence-corrected chi connectivity index (χ4v) is 1.73. The van der Waals surface area contributed by atoms with Gasteiger partial charge in [0, 0.05) is 5.69 Å². The monoisotopic (exact) mass is 235 g/mol. The van der Waals surface area contributed by atoms with Gasteiger partial charge in [-0.15, -0.1) is 0 Å². The molecule has 1 rings (SSSR count). The van der Waals surface area contributed by atoms with Gasteiger partial charge in [-0.3, -0.25) is 0 Å². The van der Waals surface area contributed by atoms with Crippen molar-refractivity contribution in [3.05, 3.63) is 29.8 Å². The number of ether oxygens (including phenoxy) is 1. The highest BCUT2D eigenvalue weighted by atomic mass is 16.5. The molecule has 94 valence electrons. The van der Waals surface area contributed by atoms with E-state index in [1.165, 1.54) is 5.56 Å². The van der Waals surface area contributed by atoms with Crippen LogP contribution < -0.4 is 5.32 Å². The Bertz CT molecular complexity index is 363. The first-order valence-corrected chi connectivity index (χ1v) is 6.23. The maximum absolute atomic E-state index is 11.7. The summed E-state index contributed by atoms with van der Waals surface area (Å²) >= 11 is 0. The van der Waals surface area contributed by atoms with Gasteiger partial charge >= 0.3 is 5.97 Å². The molecule has 1 aromatic rings. The SMILES string of the molecule is CCOC(=O)C(CC)Nc1ccccc1CC. The minimum Gasteiger partial charge on any atom is -0.464 e. The molecule has 1 unspecified atom stereocenters. The van der Waals surface area contributed by atoms with Gasteiger partial charge in [0.2, 0.25) is 0 Å². The van der Waals surface area contributed by atoms with Gasteiger partial charge in [-0.1, -0.05) is 32.0 Å². The van der Waals surface area contributed by atoms with Crippen molar-refractivity contribution >= 4 is 11.7 Å². The molecule has 0 heterocycles. The van der Waals surface area contributed by atoms with Crippen LogP contribution in [0.15, 0.2) is 24.3 Å². The van der Waals surface area contributed by atoms with E-state index in [2.05, 4.69) is 18.3 Å². The second-order valence-corrected chi connectivity index (χ2v) is 3.87. The second-order valence-electron chi connectivity index (χ2n) is 3.87. The van der Waals surface area contributed by atoms with Crippen LogP contribution in [0, 0.1) is 0 Å². The van der Waals surface area contributed by atoms with E-state index in [1.54, 1.807) is 0 Å². The lowest BCUT2D eigenvalue weighted by Crippen LogP contribution is -2.31. The van der Waals surface area contributed by atoms with Crippen LogP contribution in [0.3, 0.4) is 0 Å². The lowest BCUT2D eigenvalue weighted by molar-refractivity contribution is -0.144. The number of hydrogen-bond acceptors (Lipinski definition) is 3. The van der Waals surface area contributed by atoms with Crippen molar-refractivity contribution in [2.45, 2.75) is 39.7 Å². The van der Waals surface area contributed by atoms with E-state index in [9.17, 15) is 4.79 Å². The Morgan fingerprint density at radius 2 is 2.00 bits per heavy atom. The van der Waals surface area contributed by atoms with Crippen molar-refractivity contribution in [2.24, 2.45) is 0 Å². The first-order valence-electron chi connectivity index (χ1n) is 6.23. The number of esters is 1. The molecule has 0 saturated heterocycles. The van der Waals surface area contributed by atoms with E-state index in [-0.39, 0.29) is 12.0 Å². The van der Waals surface area contributed by atoms with Gasteiger partial charge in [-0.25, -0.2) is 4.79 Å². The van der Waals surface area contributed by atoms with E-state index in [0.29, 0.717) is 6.61 Å². The predicted molar refractivity (Wildman–Crippen MR) is 70.2 cm³/mol. The summed E-state index contributed by atoms with van der Waals surface area (Å²) in [6.45, 7) is 6.33. The molecule has 0 aliphatic heterocycles. The van der Waals surface area contributed by atoms with E-state index in [1.807, 2.05) is 32.0 Å². The Morgan fingerprint density at radius 3 is 2.59 bits per heavy atom. The molecule has 0 aliphatic carbocycles. The Kier molecular flexibility index (Phi) is 5.53. The first kappa shape index (κ1) is 13.6. The third-order valence-electron chi connectivity index (χ3n) is 2.71. The Labute approximate surface area is 103 Å². The average molecular weight is 235 g/mol. The fraction of sp³-hybridized carbons (Fsp3) is 0.500. The lowest BCUT2D eigenvalue weighted by Gasteiger charge is -2.18. The average Bonchev–Trinajstić information content (AvgIpc) is 2.36. The number of carbonyl (C=O) groups excluding carboxylic acids is 1. The topological polar surface area (TPSA) is 38.3 Å². The highest BCUT2D eigenvalue weighted by Gasteiger charge is 2.17. The van der Waals surface area contributed by atoms with Crippen LogP contribution in [-0.4, -0.2) is 18.6 Å². The molecule has 0 aliphatic rings. The molecule has 0 bridgehead atoms. The van der Waals surface area contributed by atoms with Gasteiger partial charge < -0.3 is 10.1 Å².